The molecule has 1 aliphatic rings. The smallest absolute Gasteiger partial charge is 0.258 e. The molecule has 3 rings (SSSR count). The van der Waals surface area contributed by atoms with Crippen molar-refractivity contribution in [3.05, 3.63) is 29.6 Å². The molecule has 1 aliphatic heterocycles. The van der Waals surface area contributed by atoms with E-state index in [9.17, 15) is 0 Å². The summed E-state index contributed by atoms with van der Waals surface area (Å²) in [5.41, 5.74) is 8.45. The van der Waals surface area contributed by atoms with Gasteiger partial charge in [0.15, 0.2) is 5.82 Å². The van der Waals surface area contributed by atoms with E-state index >= 15 is 0 Å². The number of ether oxygens (including phenoxy) is 1. The molecule has 1 fully saturated rings. The van der Waals surface area contributed by atoms with Crippen LogP contribution in [0, 0.1) is 6.92 Å². The topological polar surface area (TPSA) is 74.2 Å². The lowest BCUT2D eigenvalue weighted by atomic mass is 10.1. The molecule has 0 amide bonds. The second-order valence-corrected chi connectivity index (χ2v) is 4.93. The van der Waals surface area contributed by atoms with Crippen LogP contribution in [0.2, 0.25) is 0 Å². The van der Waals surface area contributed by atoms with Crippen LogP contribution in [-0.2, 0) is 11.2 Å². The summed E-state index contributed by atoms with van der Waals surface area (Å²) in [5.74, 6) is 1.22. The second-order valence-electron chi connectivity index (χ2n) is 4.93. The fourth-order valence-electron chi connectivity index (χ4n) is 2.33. The van der Waals surface area contributed by atoms with Gasteiger partial charge in [0.25, 0.3) is 5.89 Å². The predicted octanol–water partition coefficient (Wildman–Crippen LogP) is 2.35. The summed E-state index contributed by atoms with van der Waals surface area (Å²) in [6.45, 7) is 2.84. The van der Waals surface area contributed by atoms with Crippen LogP contribution in [0.4, 0.5) is 5.69 Å². The standard InChI is InChI=1S/C14H17N3O2/c1-9-4-5-10(15)7-12(9)14-16-13(17-19-14)8-11-3-2-6-18-11/h4-5,7,11H,2-3,6,8,15H2,1H3. The first kappa shape index (κ1) is 12.2. The molecule has 0 radical (unpaired) electrons. The monoisotopic (exact) mass is 259 g/mol. The van der Waals surface area contributed by atoms with Crippen molar-refractivity contribution < 1.29 is 9.26 Å². The maximum Gasteiger partial charge on any atom is 0.258 e. The maximum atomic E-state index is 5.79. The van der Waals surface area contributed by atoms with Gasteiger partial charge in [-0.15, -0.1) is 0 Å². The molecule has 2 heterocycles. The lowest BCUT2D eigenvalue weighted by Gasteiger charge is -2.04. The van der Waals surface area contributed by atoms with Crippen LogP contribution in [0.1, 0.15) is 24.2 Å². The summed E-state index contributed by atoms with van der Waals surface area (Å²) in [7, 11) is 0. The predicted molar refractivity (Wildman–Crippen MR) is 71.6 cm³/mol. The van der Waals surface area contributed by atoms with Gasteiger partial charge in [-0.1, -0.05) is 11.2 Å². The average molecular weight is 259 g/mol. The lowest BCUT2D eigenvalue weighted by Crippen LogP contribution is -2.09. The molecule has 0 saturated carbocycles. The van der Waals surface area contributed by atoms with Crippen molar-refractivity contribution in [2.24, 2.45) is 0 Å². The Morgan fingerprint density at radius 3 is 3.11 bits per heavy atom. The molecule has 2 N–H and O–H groups in total. The van der Waals surface area contributed by atoms with E-state index in [0.29, 0.717) is 23.8 Å². The van der Waals surface area contributed by atoms with Gasteiger partial charge in [-0.25, -0.2) is 0 Å². The molecule has 1 aromatic heterocycles. The van der Waals surface area contributed by atoms with Gasteiger partial charge in [0.05, 0.1) is 6.10 Å². The number of hydrogen-bond donors (Lipinski definition) is 1. The van der Waals surface area contributed by atoms with Gasteiger partial charge in [0.2, 0.25) is 0 Å². The molecule has 0 bridgehead atoms. The Hall–Kier alpha value is -1.88. The molecule has 19 heavy (non-hydrogen) atoms. The van der Waals surface area contributed by atoms with Crippen LogP contribution < -0.4 is 5.73 Å². The molecule has 5 heteroatoms. The minimum Gasteiger partial charge on any atom is -0.399 e. The molecule has 0 spiro atoms. The minimum atomic E-state index is 0.229. The number of hydrogen-bond acceptors (Lipinski definition) is 5. The lowest BCUT2D eigenvalue weighted by molar-refractivity contribution is 0.109. The number of anilines is 1. The number of aromatic nitrogens is 2. The van der Waals surface area contributed by atoms with Crippen molar-refractivity contribution in [1.29, 1.82) is 0 Å². The highest BCUT2D eigenvalue weighted by atomic mass is 16.5. The molecule has 1 aromatic carbocycles. The van der Waals surface area contributed by atoms with Crippen molar-refractivity contribution in [2.75, 3.05) is 12.3 Å². The van der Waals surface area contributed by atoms with Gasteiger partial charge >= 0.3 is 0 Å². The normalized spacial score (nSPS) is 18.9. The van der Waals surface area contributed by atoms with E-state index in [1.54, 1.807) is 0 Å². The Bertz CT molecular complexity index is 574. The number of benzene rings is 1. The summed E-state index contributed by atoms with van der Waals surface area (Å²) in [6, 6.07) is 5.68. The molecule has 1 atom stereocenters. The van der Waals surface area contributed by atoms with Crippen LogP contribution in [-0.4, -0.2) is 22.9 Å². The number of nitrogens with two attached hydrogens (primary N) is 1. The highest BCUT2D eigenvalue weighted by molar-refractivity contribution is 5.63. The van der Waals surface area contributed by atoms with E-state index in [1.807, 2.05) is 25.1 Å². The van der Waals surface area contributed by atoms with Crippen LogP contribution in [0.3, 0.4) is 0 Å². The molecule has 1 saturated heterocycles. The Labute approximate surface area is 111 Å². The van der Waals surface area contributed by atoms with E-state index in [-0.39, 0.29) is 6.10 Å². The van der Waals surface area contributed by atoms with Crippen LogP contribution in [0.15, 0.2) is 22.7 Å². The first-order valence-corrected chi connectivity index (χ1v) is 6.53. The van der Waals surface area contributed by atoms with Crippen LogP contribution in [0.25, 0.3) is 11.5 Å². The highest BCUT2D eigenvalue weighted by Crippen LogP contribution is 2.25. The van der Waals surface area contributed by atoms with E-state index < -0.39 is 0 Å². The minimum absolute atomic E-state index is 0.229. The summed E-state index contributed by atoms with van der Waals surface area (Å²) < 4.78 is 10.9. The number of nitrogens with zero attached hydrogens (tertiary/aromatic N) is 2. The van der Waals surface area contributed by atoms with Gasteiger partial charge in [-0.2, -0.15) is 4.98 Å². The number of aryl methyl sites for hydroxylation is 1. The SMILES string of the molecule is Cc1ccc(N)cc1-c1nc(CC2CCCO2)no1. The summed E-state index contributed by atoms with van der Waals surface area (Å²) in [6.07, 6.45) is 3.13. The third-order valence-corrected chi connectivity index (χ3v) is 3.39. The van der Waals surface area contributed by atoms with Gasteiger partial charge in [0, 0.05) is 24.3 Å². The highest BCUT2D eigenvalue weighted by Gasteiger charge is 2.19. The molecular formula is C14H17N3O2. The zero-order valence-corrected chi connectivity index (χ0v) is 10.9. The van der Waals surface area contributed by atoms with Crippen molar-refractivity contribution in [1.82, 2.24) is 10.1 Å². The quantitative estimate of drug-likeness (QED) is 0.856. The number of rotatable bonds is 3. The summed E-state index contributed by atoms with van der Waals surface area (Å²) >= 11 is 0. The Morgan fingerprint density at radius 2 is 2.32 bits per heavy atom. The molecule has 5 nitrogen and oxygen atoms in total. The fourth-order valence-corrected chi connectivity index (χ4v) is 2.33. The van der Waals surface area contributed by atoms with Crippen molar-refractivity contribution in [2.45, 2.75) is 32.3 Å². The molecule has 0 aliphatic carbocycles. The van der Waals surface area contributed by atoms with Crippen LogP contribution >= 0.6 is 0 Å². The van der Waals surface area contributed by atoms with Gasteiger partial charge in [-0.05, 0) is 37.5 Å². The van der Waals surface area contributed by atoms with Crippen LogP contribution in [0.5, 0.6) is 0 Å². The first-order valence-electron chi connectivity index (χ1n) is 6.53. The Balaban J connectivity index is 1.82. The third kappa shape index (κ3) is 2.61. The van der Waals surface area contributed by atoms with Gasteiger partial charge in [-0.3, -0.25) is 0 Å². The van der Waals surface area contributed by atoms with Crippen molar-refractivity contribution in [3.63, 3.8) is 0 Å². The average Bonchev–Trinajstić information content (AvgIpc) is 3.04. The molecular weight excluding hydrogens is 242 g/mol. The van der Waals surface area contributed by atoms with E-state index in [0.717, 1.165) is 30.6 Å². The molecule has 1 unspecified atom stereocenters. The molecule has 100 valence electrons. The van der Waals surface area contributed by atoms with Crippen molar-refractivity contribution in [3.8, 4) is 11.5 Å². The zero-order chi connectivity index (χ0) is 13.2. The van der Waals surface area contributed by atoms with Crippen molar-refractivity contribution >= 4 is 5.69 Å². The Kier molecular flexibility index (Phi) is 3.21. The van der Waals surface area contributed by atoms with Gasteiger partial charge < -0.3 is 15.0 Å². The number of nitrogen functional groups attached to an aromatic ring is 1. The zero-order valence-electron chi connectivity index (χ0n) is 10.9. The summed E-state index contributed by atoms with van der Waals surface area (Å²) in [4.78, 5) is 4.43. The molecule has 2 aromatic rings. The third-order valence-electron chi connectivity index (χ3n) is 3.39. The first-order chi connectivity index (χ1) is 9.22. The van der Waals surface area contributed by atoms with Gasteiger partial charge in [0.1, 0.15) is 0 Å². The van der Waals surface area contributed by atoms with E-state index in [2.05, 4.69) is 10.1 Å². The summed E-state index contributed by atoms with van der Waals surface area (Å²) in [5, 5.41) is 4.02. The van der Waals surface area contributed by atoms with E-state index in [1.165, 1.54) is 0 Å². The maximum absolute atomic E-state index is 5.79. The Morgan fingerprint density at radius 1 is 1.42 bits per heavy atom. The second kappa shape index (κ2) is 5.01. The largest absolute Gasteiger partial charge is 0.399 e. The fraction of sp³-hybridized carbons (Fsp3) is 0.429. The van der Waals surface area contributed by atoms with E-state index in [4.69, 9.17) is 15.0 Å².